The van der Waals surface area contributed by atoms with Gasteiger partial charge in [-0.2, -0.15) is 0 Å². The molecule has 0 aromatic heterocycles. The fourth-order valence-electron chi connectivity index (χ4n) is 3.49. The molecule has 4 nitrogen and oxygen atoms in total. The molecule has 1 saturated heterocycles. The normalized spacial score (nSPS) is 26.6. The van der Waals surface area contributed by atoms with Gasteiger partial charge in [0.25, 0.3) is 0 Å². The van der Waals surface area contributed by atoms with Crippen LogP contribution in [0, 0.1) is 11.8 Å². The predicted octanol–water partition coefficient (Wildman–Crippen LogP) is 4.63. The molecule has 132 valence electrons. The summed E-state index contributed by atoms with van der Waals surface area (Å²) in [7, 11) is 0. The lowest BCUT2D eigenvalue weighted by Crippen LogP contribution is -2.46. The Morgan fingerprint density at radius 1 is 0.840 bits per heavy atom. The average Bonchev–Trinajstić information content (AvgIpc) is 2.58. The van der Waals surface area contributed by atoms with E-state index >= 15 is 0 Å². The number of benzene rings is 2. The van der Waals surface area contributed by atoms with Gasteiger partial charge in [0.1, 0.15) is 17.3 Å². The number of ketones is 1. The second kappa shape index (κ2) is 6.87. The maximum Gasteiger partial charge on any atom is 0.142 e. The fourth-order valence-corrected chi connectivity index (χ4v) is 3.85. The average molecular weight is 380 g/mol. The van der Waals surface area contributed by atoms with E-state index < -0.39 is 12.1 Å². The lowest BCUT2D eigenvalue weighted by molar-refractivity contribution is -0.130. The Balaban J connectivity index is 2.05. The summed E-state index contributed by atoms with van der Waals surface area (Å²) in [5.74, 6) is -0.503. The van der Waals surface area contributed by atoms with Crippen molar-refractivity contribution in [3.63, 3.8) is 0 Å². The summed E-state index contributed by atoms with van der Waals surface area (Å²) in [6, 6.07) is 8.68. The van der Waals surface area contributed by atoms with Crippen LogP contribution in [0.2, 0.25) is 10.0 Å². The van der Waals surface area contributed by atoms with Crippen LogP contribution in [0.25, 0.3) is 0 Å². The lowest BCUT2D eigenvalue weighted by Gasteiger charge is -2.40. The molecule has 0 saturated carbocycles. The number of carbonyl (C=O) groups excluding carboxylic acids is 1. The summed E-state index contributed by atoms with van der Waals surface area (Å²) in [5, 5.41) is 24.8. The third-order valence-corrected chi connectivity index (χ3v) is 5.38. The molecular formula is C19H19Cl2NO3. The summed E-state index contributed by atoms with van der Waals surface area (Å²) in [6.45, 7) is 3.65. The highest BCUT2D eigenvalue weighted by Crippen LogP contribution is 2.43. The first-order valence-electron chi connectivity index (χ1n) is 8.06. The second-order valence-corrected chi connectivity index (χ2v) is 7.38. The number of piperidine rings is 1. The third kappa shape index (κ3) is 3.34. The molecule has 6 heteroatoms. The summed E-state index contributed by atoms with van der Waals surface area (Å²) in [6.07, 6.45) is 0. The third-order valence-electron chi connectivity index (χ3n) is 4.91. The maximum absolute atomic E-state index is 12.8. The highest BCUT2D eigenvalue weighted by molar-refractivity contribution is 6.31. The van der Waals surface area contributed by atoms with Crippen molar-refractivity contribution < 1.29 is 15.0 Å². The molecule has 1 aliphatic heterocycles. The van der Waals surface area contributed by atoms with E-state index in [4.69, 9.17) is 23.2 Å². The molecule has 3 N–H and O–H groups in total. The number of rotatable bonds is 2. The van der Waals surface area contributed by atoms with Crippen LogP contribution in [-0.2, 0) is 4.79 Å². The van der Waals surface area contributed by atoms with Crippen LogP contribution in [-0.4, -0.2) is 16.0 Å². The SMILES string of the molecule is C[C@@H]1C(=O)[C@H](C)[C@H](c2cc(Cl)ccc2O)N[C@@H]1c1cc(Cl)ccc1O. The molecule has 0 unspecified atom stereocenters. The quantitative estimate of drug-likeness (QED) is 0.711. The van der Waals surface area contributed by atoms with E-state index in [1.165, 1.54) is 12.1 Å². The highest BCUT2D eigenvalue weighted by Gasteiger charge is 2.41. The van der Waals surface area contributed by atoms with Crippen molar-refractivity contribution in [3.05, 3.63) is 57.6 Å². The van der Waals surface area contributed by atoms with Gasteiger partial charge in [0.2, 0.25) is 0 Å². The minimum atomic E-state index is -0.425. The second-order valence-electron chi connectivity index (χ2n) is 6.51. The van der Waals surface area contributed by atoms with Gasteiger partial charge in [-0.05, 0) is 36.4 Å². The molecule has 0 aliphatic carbocycles. The van der Waals surface area contributed by atoms with E-state index in [-0.39, 0.29) is 29.1 Å². The molecule has 1 fully saturated rings. The molecule has 0 radical (unpaired) electrons. The molecule has 2 aromatic rings. The fraction of sp³-hybridized carbons (Fsp3) is 0.316. The van der Waals surface area contributed by atoms with Gasteiger partial charge in [0.15, 0.2) is 0 Å². The monoisotopic (exact) mass is 379 g/mol. The van der Waals surface area contributed by atoms with Crippen molar-refractivity contribution in [2.45, 2.75) is 25.9 Å². The minimum Gasteiger partial charge on any atom is -0.508 e. The van der Waals surface area contributed by atoms with Gasteiger partial charge in [0, 0.05) is 45.1 Å². The van der Waals surface area contributed by atoms with E-state index in [0.717, 1.165) is 0 Å². The van der Waals surface area contributed by atoms with Gasteiger partial charge in [0.05, 0.1) is 0 Å². The van der Waals surface area contributed by atoms with Gasteiger partial charge < -0.3 is 15.5 Å². The van der Waals surface area contributed by atoms with Crippen LogP contribution in [0.1, 0.15) is 37.1 Å². The number of phenols is 2. The molecule has 1 heterocycles. The van der Waals surface area contributed by atoms with Crippen LogP contribution >= 0.6 is 23.2 Å². The zero-order valence-electron chi connectivity index (χ0n) is 13.8. The largest absolute Gasteiger partial charge is 0.508 e. The maximum atomic E-state index is 12.8. The number of Topliss-reactive ketones (excluding diaryl/α,β-unsaturated/α-hetero) is 1. The Hall–Kier alpha value is -1.75. The van der Waals surface area contributed by atoms with Crippen molar-refractivity contribution in [2.24, 2.45) is 11.8 Å². The Morgan fingerprint density at radius 2 is 1.24 bits per heavy atom. The van der Waals surface area contributed by atoms with Gasteiger partial charge in [-0.25, -0.2) is 0 Å². The van der Waals surface area contributed by atoms with Gasteiger partial charge >= 0.3 is 0 Å². The van der Waals surface area contributed by atoms with Crippen LogP contribution in [0.15, 0.2) is 36.4 Å². The van der Waals surface area contributed by atoms with Gasteiger partial charge in [-0.3, -0.25) is 4.79 Å². The van der Waals surface area contributed by atoms with E-state index in [2.05, 4.69) is 5.32 Å². The highest BCUT2D eigenvalue weighted by atomic mass is 35.5. The number of hydrogen-bond acceptors (Lipinski definition) is 4. The van der Waals surface area contributed by atoms with Crippen LogP contribution in [0.4, 0.5) is 0 Å². The van der Waals surface area contributed by atoms with Crippen molar-refractivity contribution in [1.82, 2.24) is 5.32 Å². The molecule has 25 heavy (non-hydrogen) atoms. The Labute approximate surface area is 156 Å². The van der Waals surface area contributed by atoms with Crippen molar-refractivity contribution in [2.75, 3.05) is 0 Å². The van der Waals surface area contributed by atoms with E-state index in [1.54, 1.807) is 24.3 Å². The Kier molecular flexibility index (Phi) is 4.96. The Bertz CT molecular complexity index is 759. The minimum absolute atomic E-state index is 0.0486. The van der Waals surface area contributed by atoms with Crippen molar-refractivity contribution in [3.8, 4) is 11.5 Å². The lowest BCUT2D eigenvalue weighted by atomic mass is 9.76. The zero-order valence-corrected chi connectivity index (χ0v) is 15.3. The van der Waals surface area contributed by atoms with E-state index in [1.807, 2.05) is 13.8 Å². The number of phenolic OH excluding ortho intramolecular Hbond substituents is 2. The first-order chi connectivity index (χ1) is 11.8. The van der Waals surface area contributed by atoms with Crippen LogP contribution in [0.5, 0.6) is 11.5 Å². The first kappa shape index (κ1) is 18.1. The molecule has 0 amide bonds. The summed E-state index contributed by atoms with van der Waals surface area (Å²) in [4.78, 5) is 12.8. The Morgan fingerprint density at radius 3 is 1.64 bits per heavy atom. The topological polar surface area (TPSA) is 69.6 Å². The molecule has 4 atom stereocenters. The molecule has 3 rings (SSSR count). The summed E-state index contributed by atoms with van der Waals surface area (Å²) >= 11 is 12.1. The zero-order chi connectivity index (χ0) is 18.3. The van der Waals surface area contributed by atoms with Crippen LogP contribution in [0.3, 0.4) is 0 Å². The van der Waals surface area contributed by atoms with Crippen LogP contribution < -0.4 is 5.32 Å². The number of halogens is 2. The smallest absolute Gasteiger partial charge is 0.142 e. The number of carbonyl (C=O) groups is 1. The molecule has 0 spiro atoms. The summed E-state index contributed by atoms with van der Waals surface area (Å²) < 4.78 is 0. The number of aromatic hydroxyl groups is 2. The van der Waals surface area contributed by atoms with Gasteiger partial charge in [-0.15, -0.1) is 0 Å². The molecular weight excluding hydrogens is 361 g/mol. The van der Waals surface area contributed by atoms with Crippen molar-refractivity contribution >= 4 is 29.0 Å². The van der Waals surface area contributed by atoms with Gasteiger partial charge in [-0.1, -0.05) is 37.0 Å². The number of hydrogen-bond donors (Lipinski definition) is 3. The first-order valence-corrected chi connectivity index (χ1v) is 8.81. The number of nitrogens with one attached hydrogen (secondary N) is 1. The van der Waals surface area contributed by atoms with E-state index in [0.29, 0.717) is 21.2 Å². The molecule has 1 aliphatic rings. The van der Waals surface area contributed by atoms with E-state index in [9.17, 15) is 15.0 Å². The molecule has 2 aromatic carbocycles. The van der Waals surface area contributed by atoms with Crippen molar-refractivity contribution in [1.29, 1.82) is 0 Å². The predicted molar refractivity (Wildman–Crippen MR) is 98.2 cm³/mol. The standard InChI is InChI=1S/C19H19Cl2NO3/c1-9-17(13-7-11(20)3-5-15(13)23)22-18(10(2)19(9)25)14-8-12(21)4-6-16(14)24/h3-10,17-18,22-24H,1-2H3/t9-,10+,17-,18+. The summed E-state index contributed by atoms with van der Waals surface area (Å²) in [5.41, 5.74) is 1.12. The molecule has 0 bridgehead atoms.